The molecule has 0 saturated heterocycles. The summed E-state index contributed by atoms with van der Waals surface area (Å²) in [5, 5.41) is 0. The van der Waals surface area contributed by atoms with E-state index in [1.807, 2.05) is 0 Å². The van der Waals surface area contributed by atoms with Gasteiger partial charge in [-0.1, -0.05) is 0 Å². The van der Waals surface area contributed by atoms with Crippen LogP contribution >= 0.6 is 48.3 Å². The van der Waals surface area contributed by atoms with Gasteiger partial charge in [-0.2, -0.15) is 0 Å². The van der Waals surface area contributed by atoms with Crippen molar-refractivity contribution in [2.24, 2.45) is 9.53 Å². The molecule has 1 aromatic rings. The molecule has 6 nitrogen and oxygen atoms in total. The van der Waals surface area contributed by atoms with Crippen LogP contribution in [0.4, 0.5) is 0 Å². The van der Waals surface area contributed by atoms with Gasteiger partial charge in [-0.3, -0.25) is 18.7 Å². The summed E-state index contributed by atoms with van der Waals surface area (Å²) in [6.45, 7) is 4.19. The number of rotatable bonds is 8. The van der Waals surface area contributed by atoms with Crippen LogP contribution in [0, 0.1) is 0 Å². The molecule has 0 radical (unpaired) electrons. The quantitative estimate of drug-likeness (QED) is 0.256. The van der Waals surface area contributed by atoms with E-state index in [4.69, 9.17) is 29.7 Å². The molecule has 0 unspecified atom stereocenters. The summed E-state index contributed by atoms with van der Waals surface area (Å²) < 4.78 is 18.5. The van der Waals surface area contributed by atoms with Crippen molar-refractivity contribution in [3.63, 3.8) is 0 Å². The van der Waals surface area contributed by atoms with Crippen molar-refractivity contribution in [3.05, 3.63) is 21.9 Å². The van der Waals surface area contributed by atoms with Crippen LogP contribution in [-0.4, -0.2) is 86.5 Å². The summed E-state index contributed by atoms with van der Waals surface area (Å²) in [7, 11) is 24.8. The Kier molecular flexibility index (Phi) is 15.2. The van der Waals surface area contributed by atoms with Gasteiger partial charge < -0.3 is 0 Å². The van der Waals surface area contributed by atoms with Gasteiger partial charge in [0.2, 0.25) is 0 Å². The maximum absolute atomic E-state index is 4.93. The average Bonchev–Trinajstić information content (AvgIpc) is 3.06. The van der Waals surface area contributed by atoms with Crippen LogP contribution in [0.3, 0.4) is 0 Å². The fourth-order valence-corrected chi connectivity index (χ4v) is 6.10. The van der Waals surface area contributed by atoms with Crippen LogP contribution in [-0.2, 0) is 13.1 Å². The molecule has 0 spiro atoms. The molecule has 0 aliphatic carbocycles. The van der Waals surface area contributed by atoms with Gasteiger partial charge >= 0.3 is 33.3 Å². The molecular formula is C16H32Cl2FeN6P2S. The second kappa shape index (κ2) is 14.8. The monoisotopic (exact) mass is 528 g/mol. The fourth-order valence-electron chi connectivity index (χ4n) is 2.17. The van der Waals surface area contributed by atoms with Gasteiger partial charge in [0, 0.05) is 9.75 Å². The zero-order valence-electron chi connectivity index (χ0n) is 18.3. The molecular weight excluding hydrogens is 497 g/mol. The molecule has 0 saturated carbocycles. The first-order chi connectivity index (χ1) is 13.0. The van der Waals surface area contributed by atoms with Crippen molar-refractivity contribution in [1.29, 1.82) is 0 Å². The van der Waals surface area contributed by atoms with Crippen molar-refractivity contribution >= 4 is 59.7 Å². The first-order valence-corrected chi connectivity index (χ1v) is 14.6. The van der Waals surface area contributed by atoms with E-state index in [-0.39, 0.29) is 13.1 Å². The summed E-state index contributed by atoms with van der Waals surface area (Å²) in [6, 6.07) is 4.31. The third-order valence-electron chi connectivity index (χ3n) is 3.23. The van der Waals surface area contributed by atoms with E-state index in [0.717, 1.165) is 11.4 Å². The van der Waals surface area contributed by atoms with E-state index < -0.39 is 16.7 Å². The van der Waals surface area contributed by atoms with Gasteiger partial charge in [-0.05, 0) is 82.4 Å². The third kappa shape index (κ3) is 10.2. The van der Waals surface area contributed by atoms with Gasteiger partial charge in [-0.25, -0.2) is 9.53 Å². The topological polar surface area (TPSA) is 37.7 Å². The summed E-state index contributed by atoms with van der Waals surface area (Å²) in [5.74, 6) is 0. The van der Waals surface area contributed by atoms with Gasteiger partial charge in [0.05, 0.1) is 11.4 Å². The van der Waals surface area contributed by atoms with Crippen molar-refractivity contribution in [3.8, 4) is 0 Å². The van der Waals surface area contributed by atoms with Crippen LogP contribution < -0.4 is 0 Å². The van der Waals surface area contributed by atoms with Crippen LogP contribution in [0.5, 0.6) is 0 Å². The normalized spacial score (nSPS) is 13.5. The van der Waals surface area contributed by atoms with Crippen LogP contribution in [0.15, 0.2) is 21.7 Å². The zero-order valence-corrected chi connectivity index (χ0v) is 23.5. The molecule has 1 rings (SSSR count). The number of thiophene rings is 1. The molecule has 0 aliphatic rings. The Morgan fingerprint density at radius 1 is 0.750 bits per heavy atom. The SMILES string of the molecule is C/C(=N\P(N(C)C)N(C)C)c1ccc(/C(C)=N/P(N(C)C)N(C)C)s1.[Cl][Fe][Cl]. The Morgan fingerprint density at radius 3 is 1.21 bits per heavy atom. The molecule has 0 fully saturated rings. The van der Waals surface area contributed by atoms with Gasteiger partial charge in [-0.15, -0.1) is 11.3 Å². The Hall–Kier alpha value is 0.839. The number of hydrogen-bond acceptors (Lipinski definition) is 7. The summed E-state index contributed by atoms with van der Waals surface area (Å²) in [6.07, 6.45) is 0. The minimum atomic E-state index is -0.658. The Bertz CT molecular complexity index is 574. The van der Waals surface area contributed by atoms with Crippen molar-refractivity contribution in [1.82, 2.24) is 18.7 Å². The van der Waals surface area contributed by atoms with Gasteiger partial charge in [0.15, 0.2) is 16.7 Å². The molecule has 1 heterocycles. The predicted molar refractivity (Wildman–Crippen MR) is 129 cm³/mol. The second-order valence-corrected chi connectivity index (χ2v) is 14.1. The molecule has 12 heteroatoms. The number of hydrogen-bond donors (Lipinski definition) is 0. The van der Waals surface area contributed by atoms with Crippen LogP contribution in [0.2, 0.25) is 0 Å². The van der Waals surface area contributed by atoms with Crippen LogP contribution in [0.25, 0.3) is 0 Å². The van der Waals surface area contributed by atoms with Crippen molar-refractivity contribution < 1.29 is 13.1 Å². The molecule has 0 N–H and O–H groups in total. The Morgan fingerprint density at radius 2 is 1.00 bits per heavy atom. The van der Waals surface area contributed by atoms with E-state index in [1.165, 1.54) is 9.75 Å². The van der Waals surface area contributed by atoms with Gasteiger partial charge in [0.1, 0.15) is 0 Å². The minimum absolute atomic E-state index is 0.194. The third-order valence-corrected chi connectivity index (χ3v) is 8.35. The second-order valence-electron chi connectivity index (χ2n) is 6.51. The van der Waals surface area contributed by atoms with E-state index in [9.17, 15) is 0 Å². The summed E-state index contributed by atoms with van der Waals surface area (Å²) in [4.78, 5) is 2.42. The molecule has 0 bridgehead atoms. The maximum atomic E-state index is 4.93. The molecule has 0 atom stereocenters. The van der Waals surface area contributed by atoms with E-state index >= 15 is 0 Å². The Labute approximate surface area is 192 Å². The summed E-state index contributed by atoms with van der Waals surface area (Å²) in [5.41, 5.74) is 2.17. The predicted octanol–water partition coefficient (Wildman–Crippen LogP) is 5.44. The Balaban J connectivity index is 0.00000227. The molecule has 164 valence electrons. The fraction of sp³-hybridized carbons (Fsp3) is 0.625. The first kappa shape index (κ1) is 28.8. The van der Waals surface area contributed by atoms with Gasteiger partial charge in [0.25, 0.3) is 0 Å². The van der Waals surface area contributed by atoms with Crippen molar-refractivity contribution in [2.75, 3.05) is 56.4 Å². The molecule has 0 amide bonds. The molecule has 1 aromatic heterocycles. The number of nitrogens with zero attached hydrogens (tertiary/aromatic N) is 6. The first-order valence-electron chi connectivity index (χ1n) is 8.31. The average molecular weight is 529 g/mol. The summed E-state index contributed by atoms with van der Waals surface area (Å²) >= 11 is 1.96. The van der Waals surface area contributed by atoms with E-state index in [0.29, 0.717) is 0 Å². The van der Waals surface area contributed by atoms with Crippen LogP contribution in [0.1, 0.15) is 23.6 Å². The van der Waals surface area contributed by atoms with E-state index in [1.54, 1.807) is 11.3 Å². The van der Waals surface area contributed by atoms with Crippen molar-refractivity contribution in [2.45, 2.75) is 13.8 Å². The molecule has 28 heavy (non-hydrogen) atoms. The zero-order chi connectivity index (χ0) is 22.0. The number of halogens is 2. The van der Waals surface area contributed by atoms with E-state index in [2.05, 4.69) is 101 Å². The molecule has 0 aromatic carbocycles. The standard InChI is InChI=1S/C16H32N6P2S.2ClH.Fe/c1-13(17-23(19(3)4)20(5)6)15-11-12-16(25-15)14(2)18-24(21(7)8)22(9)10;;;/h11-12H,1-10H3;2*1H;/q;;;+2/p-2/b17-13+,18-14+;;;. The molecule has 0 aliphatic heterocycles.